The van der Waals surface area contributed by atoms with Crippen LogP contribution in [0.25, 0.3) is 11.3 Å². The lowest BCUT2D eigenvalue weighted by Crippen LogP contribution is -2.20. The molecule has 98 valence electrons. The Labute approximate surface area is 114 Å². The van der Waals surface area contributed by atoms with Crippen LogP contribution in [0.4, 0.5) is 0 Å². The third-order valence-corrected chi connectivity index (χ3v) is 3.34. The van der Waals surface area contributed by atoms with Gasteiger partial charge in [-0.1, -0.05) is 12.1 Å². The Morgan fingerprint density at radius 2 is 2.00 bits per heavy atom. The van der Waals surface area contributed by atoms with Gasteiger partial charge in [-0.25, -0.2) is 9.89 Å². The predicted molar refractivity (Wildman–Crippen MR) is 73.4 cm³/mol. The van der Waals surface area contributed by atoms with Crippen LogP contribution in [0.1, 0.15) is 10.4 Å². The molecule has 6 heteroatoms. The van der Waals surface area contributed by atoms with E-state index in [1.54, 1.807) is 11.8 Å². The van der Waals surface area contributed by atoms with Crippen LogP contribution in [0.15, 0.2) is 40.0 Å². The molecule has 1 aromatic heterocycles. The molecule has 0 amide bonds. The lowest BCUT2D eigenvalue weighted by molar-refractivity contribution is 0.0598. The molecule has 0 aliphatic rings. The monoisotopic (exact) mass is 276 g/mol. The molecule has 0 aliphatic heterocycles. The molecule has 5 nitrogen and oxygen atoms in total. The summed E-state index contributed by atoms with van der Waals surface area (Å²) in [5.74, 6) is -0.675. The summed E-state index contributed by atoms with van der Waals surface area (Å²) in [4.78, 5) is 24.1. The Kier molecular flexibility index (Phi) is 4.01. The second-order valence-corrected chi connectivity index (χ2v) is 4.60. The van der Waals surface area contributed by atoms with Gasteiger partial charge in [-0.05, 0) is 24.5 Å². The van der Waals surface area contributed by atoms with Crippen LogP contribution < -0.4 is 5.56 Å². The molecule has 0 spiro atoms. The summed E-state index contributed by atoms with van der Waals surface area (Å²) in [7, 11) is 1.23. The number of rotatable bonds is 3. The third-order valence-electron chi connectivity index (χ3n) is 2.59. The first-order valence-electron chi connectivity index (χ1n) is 5.48. The van der Waals surface area contributed by atoms with E-state index in [2.05, 4.69) is 14.9 Å². The van der Waals surface area contributed by atoms with Crippen molar-refractivity contribution < 1.29 is 9.53 Å². The van der Waals surface area contributed by atoms with E-state index < -0.39 is 11.5 Å². The van der Waals surface area contributed by atoms with Crippen LogP contribution in [-0.4, -0.2) is 29.5 Å². The maximum absolute atomic E-state index is 11.5. The van der Waals surface area contributed by atoms with Gasteiger partial charge in [-0.3, -0.25) is 4.79 Å². The van der Waals surface area contributed by atoms with Crippen molar-refractivity contribution in [3.05, 3.63) is 46.2 Å². The van der Waals surface area contributed by atoms with Gasteiger partial charge in [0.15, 0.2) is 0 Å². The first kappa shape index (κ1) is 13.4. The molecule has 0 saturated heterocycles. The minimum Gasteiger partial charge on any atom is -0.465 e. The normalized spacial score (nSPS) is 10.2. The van der Waals surface area contributed by atoms with Crippen molar-refractivity contribution >= 4 is 17.7 Å². The zero-order valence-electron chi connectivity index (χ0n) is 10.5. The van der Waals surface area contributed by atoms with E-state index in [-0.39, 0.29) is 5.56 Å². The number of thioether (sulfide) groups is 1. The number of aromatic nitrogens is 2. The smallest absolute Gasteiger partial charge is 0.343 e. The fourth-order valence-electron chi connectivity index (χ4n) is 1.58. The molecule has 0 atom stereocenters. The summed E-state index contributed by atoms with van der Waals surface area (Å²) < 4.78 is 4.55. The minimum atomic E-state index is -0.675. The van der Waals surface area contributed by atoms with Gasteiger partial charge in [0.05, 0.1) is 12.8 Å². The van der Waals surface area contributed by atoms with E-state index in [0.717, 1.165) is 10.5 Å². The largest absolute Gasteiger partial charge is 0.465 e. The van der Waals surface area contributed by atoms with Crippen LogP contribution in [0.3, 0.4) is 0 Å². The van der Waals surface area contributed by atoms with Gasteiger partial charge in [0.2, 0.25) is 0 Å². The van der Waals surface area contributed by atoms with E-state index >= 15 is 0 Å². The van der Waals surface area contributed by atoms with Gasteiger partial charge in [-0.2, -0.15) is 5.10 Å². The number of hydrogen-bond acceptors (Lipinski definition) is 5. The van der Waals surface area contributed by atoms with Gasteiger partial charge in [0.25, 0.3) is 5.56 Å². The van der Waals surface area contributed by atoms with E-state index in [0.29, 0.717) is 5.69 Å². The fourth-order valence-corrected chi connectivity index (χ4v) is 1.99. The molecule has 1 N–H and O–H groups in total. The average Bonchev–Trinajstić information content (AvgIpc) is 2.47. The van der Waals surface area contributed by atoms with Gasteiger partial charge in [0.1, 0.15) is 5.56 Å². The second-order valence-electron chi connectivity index (χ2n) is 3.72. The molecule has 0 unspecified atom stereocenters. The number of nitrogens with one attached hydrogen (secondary N) is 1. The van der Waals surface area contributed by atoms with Crippen molar-refractivity contribution in [2.75, 3.05) is 13.4 Å². The quantitative estimate of drug-likeness (QED) is 0.685. The van der Waals surface area contributed by atoms with Crippen molar-refractivity contribution in [1.82, 2.24) is 10.2 Å². The minimum absolute atomic E-state index is 0.0542. The molecule has 19 heavy (non-hydrogen) atoms. The number of H-pyrrole nitrogens is 1. The topological polar surface area (TPSA) is 72.0 Å². The van der Waals surface area contributed by atoms with Crippen LogP contribution >= 0.6 is 11.8 Å². The Morgan fingerprint density at radius 1 is 1.32 bits per heavy atom. The summed E-state index contributed by atoms with van der Waals surface area (Å²) >= 11 is 1.63. The lowest BCUT2D eigenvalue weighted by Gasteiger charge is -2.03. The molecule has 0 bridgehead atoms. The highest BCUT2D eigenvalue weighted by molar-refractivity contribution is 7.98. The highest BCUT2D eigenvalue weighted by Gasteiger charge is 2.13. The van der Waals surface area contributed by atoms with E-state index in [1.807, 2.05) is 30.5 Å². The second kappa shape index (κ2) is 5.71. The zero-order chi connectivity index (χ0) is 13.8. The molecule has 2 aromatic rings. The predicted octanol–water partition coefficient (Wildman–Crippen LogP) is 1.95. The fraction of sp³-hybridized carbons (Fsp3) is 0.154. The van der Waals surface area contributed by atoms with Gasteiger partial charge < -0.3 is 4.74 Å². The van der Waals surface area contributed by atoms with Crippen molar-refractivity contribution in [2.24, 2.45) is 0 Å². The Balaban J connectivity index is 2.45. The van der Waals surface area contributed by atoms with E-state index in [4.69, 9.17) is 0 Å². The molecule has 1 heterocycles. The molecule has 0 aliphatic carbocycles. The number of benzene rings is 1. The Bertz CT molecular complexity index is 650. The number of aromatic amines is 1. The number of methoxy groups -OCH3 is 1. The lowest BCUT2D eigenvalue weighted by atomic mass is 10.1. The number of carbonyl (C=O) groups is 1. The summed E-state index contributed by atoms with van der Waals surface area (Å²) in [6.45, 7) is 0. The van der Waals surface area contributed by atoms with Crippen LogP contribution in [0, 0.1) is 0 Å². The van der Waals surface area contributed by atoms with E-state index in [9.17, 15) is 9.59 Å². The molecular weight excluding hydrogens is 264 g/mol. The summed E-state index contributed by atoms with van der Waals surface area (Å²) in [5, 5.41) is 6.23. The summed E-state index contributed by atoms with van der Waals surface area (Å²) in [6.07, 6.45) is 1.99. The van der Waals surface area contributed by atoms with Crippen LogP contribution in [-0.2, 0) is 4.74 Å². The summed E-state index contributed by atoms with van der Waals surface area (Å²) in [6, 6.07) is 9.09. The van der Waals surface area contributed by atoms with Crippen LogP contribution in [0.5, 0.6) is 0 Å². The number of carbonyl (C=O) groups excluding carboxylic acids is 1. The highest BCUT2D eigenvalue weighted by Crippen LogP contribution is 2.21. The van der Waals surface area contributed by atoms with Gasteiger partial charge in [0, 0.05) is 10.5 Å². The maximum Gasteiger partial charge on any atom is 0.343 e. The molecule has 1 aromatic carbocycles. The average molecular weight is 276 g/mol. The van der Waals surface area contributed by atoms with Crippen molar-refractivity contribution in [2.45, 2.75) is 4.90 Å². The number of hydrogen-bond donors (Lipinski definition) is 1. The first-order valence-corrected chi connectivity index (χ1v) is 6.70. The SMILES string of the molecule is COC(=O)c1cc(-c2ccc(SC)cc2)n[nH]c1=O. The number of nitrogens with zero attached hydrogens (tertiary/aromatic N) is 1. The van der Waals surface area contributed by atoms with Gasteiger partial charge in [-0.15, -0.1) is 11.8 Å². The maximum atomic E-state index is 11.5. The number of esters is 1. The molecule has 0 radical (unpaired) electrons. The van der Waals surface area contributed by atoms with Crippen molar-refractivity contribution in [1.29, 1.82) is 0 Å². The molecule has 2 rings (SSSR count). The Hall–Kier alpha value is -2.08. The number of ether oxygens (including phenoxy) is 1. The summed E-state index contributed by atoms with van der Waals surface area (Å²) in [5.41, 5.74) is 0.727. The van der Waals surface area contributed by atoms with E-state index in [1.165, 1.54) is 13.2 Å². The molecular formula is C13H12N2O3S. The highest BCUT2D eigenvalue weighted by atomic mass is 32.2. The molecule has 0 saturated carbocycles. The standard InChI is InChI=1S/C13H12N2O3S/c1-18-13(17)10-7-11(14-15-12(10)16)8-3-5-9(19-2)6-4-8/h3-7H,1-2H3,(H,15,16). The van der Waals surface area contributed by atoms with Gasteiger partial charge >= 0.3 is 5.97 Å². The zero-order valence-corrected chi connectivity index (χ0v) is 11.3. The first-order chi connectivity index (χ1) is 9.15. The van der Waals surface area contributed by atoms with Crippen molar-refractivity contribution in [3.8, 4) is 11.3 Å². The van der Waals surface area contributed by atoms with Crippen molar-refractivity contribution in [3.63, 3.8) is 0 Å². The molecule has 0 fully saturated rings. The Morgan fingerprint density at radius 3 is 2.58 bits per heavy atom. The van der Waals surface area contributed by atoms with Crippen LogP contribution in [0.2, 0.25) is 0 Å². The third kappa shape index (κ3) is 2.85.